The van der Waals surface area contributed by atoms with Gasteiger partial charge >= 0.3 is 0 Å². The Morgan fingerprint density at radius 1 is 1.25 bits per heavy atom. The predicted molar refractivity (Wildman–Crippen MR) is 115 cm³/mol. The summed E-state index contributed by atoms with van der Waals surface area (Å²) in [5.41, 5.74) is 7.40. The first-order valence-corrected chi connectivity index (χ1v) is 10.9. The lowest BCUT2D eigenvalue weighted by Gasteiger charge is -2.13. The van der Waals surface area contributed by atoms with E-state index >= 15 is 0 Å². The minimum absolute atomic E-state index is 0.384. The van der Waals surface area contributed by atoms with Crippen LogP contribution in [0.25, 0.3) is 11.2 Å². The number of hydrogen-bond donors (Lipinski definition) is 2. The normalized spacial score (nSPS) is 15.2. The fourth-order valence-corrected chi connectivity index (χ4v) is 4.90. The number of fused-ring (bicyclic) bond motifs is 1. The molecule has 0 aliphatic heterocycles. The number of imidazole rings is 1. The Hall–Kier alpha value is -1.54. The number of halogens is 2. The molecule has 9 heteroatoms. The van der Waals surface area contributed by atoms with Crippen molar-refractivity contribution < 1.29 is 0 Å². The molecule has 3 N–H and O–H groups in total. The minimum Gasteiger partial charge on any atom is -0.382 e. The lowest BCUT2D eigenvalue weighted by molar-refractivity contribution is 0.471. The molecule has 148 valence electrons. The van der Waals surface area contributed by atoms with Gasteiger partial charge in [0, 0.05) is 27.5 Å². The van der Waals surface area contributed by atoms with Gasteiger partial charge in [-0.1, -0.05) is 35.0 Å². The number of nitrogens with two attached hydrogens (primary N) is 1. The van der Waals surface area contributed by atoms with E-state index in [1.165, 1.54) is 30.9 Å². The highest BCUT2D eigenvalue weighted by Crippen LogP contribution is 2.34. The van der Waals surface area contributed by atoms with Crippen LogP contribution >= 0.6 is 35.0 Å². The molecule has 1 fully saturated rings. The summed E-state index contributed by atoms with van der Waals surface area (Å²) in [6, 6.07) is 6.04. The van der Waals surface area contributed by atoms with Crippen LogP contribution < -0.4 is 11.1 Å². The van der Waals surface area contributed by atoms with Gasteiger partial charge < -0.3 is 15.6 Å². The van der Waals surface area contributed by atoms with Crippen molar-refractivity contribution in [3.8, 4) is 0 Å². The molecule has 1 unspecified atom stereocenters. The first-order chi connectivity index (χ1) is 13.5. The summed E-state index contributed by atoms with van der Waals surface area (Å²) in [6.07, 6.45) is 5.14. The Labute approximate surface area is 178 Å². The van der Waals surface area contributed by atoms with Gasteiger partial charge in [0.2, 0.25) is 0 Å². The molecule has 1 aliphatic carbocycles. The summed E-state index contributed by atoms with van der Waals surface area (Å²) >= 11 is 13.8. The summed E-state index contributed by atoms with van der Waals surface area (Å²) in [5.74, 6) is 1.23. The Kier molecular flexibility index (Phi) is 5.96. The topological polar surface area (TPSA) is 81.7 Å². The van der Waals surface area contributed by atoms with E-state index in [0.717, 1.165) is 41.1 Å². The van der Waals surface area contributed by atoms with Crippen molar-refractivity contribution in [3.63, 3.8) is 0 Å². The van der Waals surface area contributed by atoms with Crippen molar-refractivity contribution in [2.75, 3.05) is 12.3 Å². The summed E-state index contributed by atoms with van der Waals surface area (Å²) in [7, 11) is 0. The van der Waals surface area contributed by atoms with Gasteiger partial charge in [0.1, 0.15) is 6.33 Å². The number of hydrogen-bond acceptors (Lipinski definition) is 6. The third-order valence-electron chi connectivity index (χ3n) is 4.92. The van der Waals surface area contributed by atoms with Crippen LogP contribution in [0.3, 0.4) is 0 Å². The van der Waals surface area contributed by atoms with Crippen LogP contribution in [0.15, 0.2) is 34.6 Å². The zero-order chi connectivity index (χ0) is 19.7. The van der Waals surface area contributed by atoms with E-state index in [9.17, 15) is 0 Å². The summed E-state index contributed by atoms with van der Waals surface area (Å²) in [5, 5.41) is 5.60. The van der Waals surface area contributed by atoms with Gasteiger partial charge in [-0.05, 0) is 56.8 Å². The van der Waals surface area contributed by atoms with Crippen LogP contribution in [0.2, 0.25) is 10.0 Å². The second-order valence-electron chi connectivity index (χ2n) is 7.12. The minimum atomic E-state index is 0.384. The standard InChI is InChI=1S/C19H22Cl2N6S/c1-11(12-3-4-12)23-5-2-6-27-18-16(17(22)24-10-25-18)26-19(27)28-15-8-13(20)7-14(21)9-15/h7-12,23H,2-6H2,1H3,(H2,22,24,25). The van der Waals surface area contributed by atoms with Crippen LogP contribution in [-0.4, -0.2) is 32.1 Å². The number of anilines is 1. The highest BCUT2D eigenvalue weighted by molar-refractivity contribution is 7.99. The molecule has 1 atom stereocenters. The zero-order valence-corrected chi connectivity index (χ0v) is 17.9. The van der Waals surface area contributed by atoms with E-state index in [0.29, 0.717) is 27.4 Å². The van der Waals surface area contributed by atoms with Gasteiger partial charge in [-0.3, -0.25) is 0 Å². The van der Waals surface area contributed by atoms with Gasteiger partial charge in [-0.2, -0.15) is 0 Å². The molecule has 0 spiro atoms. The largest absolute Gasteiger partial charge is 0.382 e. The molecule has 2 aromatic heterocycles. The third kappa shape index (κ3) is 4.54. The lowest BCUT2D eigenvalue weighted by atomic mass is 10.2. The van der Waals surface area contributed by atoms with E-state index < -0.39 is 0 Å². The fraction of sp³-hybridized carbons (Fsp3) is 0.421. The van der Waals surface area contributed by atoms with E-state index in [4.69, 9.17) is 28.9 Å². The number of rotatable bonds is 8. The quantitative estimate of drug-likeness (QED) is 0.500. The van der Waals surface area contributed by atoms with Crippen molar-refractivity contribution in [1.82, 2.24) is 24.8 Å². The lowest BCUT2D eigenvalue weighted by Crippen LogP contribution is -2.29. The van der Waals surface area contributed by atoms with Crippen LogP contribution in [0, 0.1) is 5.92 Å². The molecule has 0 amide bonds. The SMILES string of the molecule is CC(NCCCn1c(Sc2cc(Cl)cc(Cl)c2)nc2c(N)ncnc21)C1CC1. The van der Waals surface area contributed by atoms with Crippen molar-refractivity contribution in [1.29, 1.82) is 0 Å². The first-order valence-electron chi connectivity index (χ1n) is 9.35. The monoisotopic (exact) mass is 436 g/mol. The third-order valence-corrected chi connectivity index (χ3v) is 6.33. The van der Waals surface area contributed by atoms with Gasteiger partial charge in [-0.15, -0.1) is 0 Å². The Balaban J connectivity index is 1.55. The molecule has 1 aliphatic rings. The number of nitrogen functional groups attached to an aromatic ring is 1. The van der Waals surface area contributed by atoms with Crippen LogP contribution in [-0.2, 0) is 6.54 Å². The summed E-state index contributed by atoms with van der Waals surface area (Å²) in [4.78, 5) is 14.1. The van der Waals surface area contributed by atoms with Crippen LogP contribution in [0.1, 0.15) is 26.2 Å². The molecule has 3 aromatic rings. The maximum atomic E-state index is 6.15. The Morgan fingerprint density at radius 3 is 2.71 bits per heavy atom. The number of aromatic nitrogens is 4. The molecule has 0 radical (unpaired) electrons. The van der Waals surface area contributed by atoms with Crippen molar-refractivity contribution in [3.05, 3.63) is 34.6 Å². The fourth-order valence-electron chi connectivity index (χ4n) is 3.24. The predicted octanol–water partition coefficient (Wildman–Crippen LogP) is 4.64. The van der Waals surface area contributed by atoms with E-state index in [1.807, 2.05) is 12.1 Å². The van der Waals surface area contributed by atoms with Crippen molar-refractivity contribution in [2.24, 2.45) is 5.92 Å². The number of nitrogens with one attached hydrogen (secondary N) is 1. The van der Waals surface area contributed by atoms with Gasteiger partial charge in [-0.25, -0.2) is 15.0 Å². The maximum Gasteiger partial charge on any atom is 0.175 e. The smallest absolute Gasteiger partial charge is 0.175 e. The Bertz CT molecular complexity index is 968. The Morgan fingerprint density at radius 2 is 2.00 bits per heavy atom. The average molecular weight is 437 g/mol. The van der Waals surface area contributed by atoms with E-state index in [1.54, 1.807) is 6.07 Å². The zero-order valence-electron chi connectivity index (χ0n) is 15.5. The molecular weight excluding hydrogens is 415 g/mol. The maximum absolute atomic E-state index is 6.15. The van der Waals surface area contributed by atoms with Gasteiger partial charge in [0.25, 0.3) is 0 Å². The molecule has 1 aromatic carbocycles. The summed E-state index contributed by atoms with van der Waals surface area (Å²) in [6.45, 7) is 4.00. The molecule has 0 bridgehead atoms. The second-order valence-corrected chi connectivity index (χ2v) is 9.03. The van der Waals surface area contributed by atoms with E-state index in [2.05, 4.69) is 31.8 Å². The highest BCUT2D eigenvalue weighted by atomic mass is 35.5. The second kappa shape index (κ2) is 8.45. The van der Waals surface area contributed by atoms with Crippen LogP contribution in [0.5, 0.6) is 0 Å². The first kappa shape index (κ1) is 19.8. The van der Waals surface area contributed by atoms with Crippen LogP contribution in [0.4, 0.5) is 5.82 Å². The molecule has 0 saturated heterocycles. The molecular formula is C19H22Cl2N6S. The van der Waals surface area contributed by atoms with E-state index in [-0.39, 0.29) is 0 Å². The van der Waals surface area contributed by atoms with Gasteiger partial charge in [0.15, 0.2) is 22.1 Å². The van der Waals surface area contributed by atoms with Crippen molar-refractivity contribution in [2.45, 2.75) is 48.8 Å². The summed E-state index contributed by atoms with van der Waals surface area (Å²) < 4.78 is 2.09. The van der Waals surface area contributed by atoms with Crippen molar-refractivity contribution >= 4 is 51.9 Å². The highest BCUT2D eigenvalue weighted by Gasteiger charge is 2.27. The molecule has 1 saturated carbocycles. The number of aryl methyl sites for hydroxylation is 1. The molecule has 28 heavy (non-hydrogen) atoms. The van der Waals surface area contributed by atoms with Gasteiger partial charge in [0.05, 0.1) is 0 Å². The molecule has 6 nitrogen and oxygen atoms in total. The molecule has 2 heterocycles. The molecule has 4 rings (SSSR count). The average Bonchev–Trinajstić information content (AvgIpc) is 3.42. The number of benzene rings is 1. The number of nitrogens with zero attached hydrogens (tertiary/aromatic N) is 4.